The largest absolute Gasteiger partial charge is 0.353 e. The van der Waals surface area contributed by atoms with E-state index in [0.29, 0.717) is 5.56 Å². The molecule has 0 saturated heterocycles. The maximum absolute atomic E-state index is 9.76. The molecule has 2 aromatic heterocycles. The number of para-hydroxylation sites is 2. The molecule has 26 heavy (non-hydrogen) atoms. The van der Waals surface area contributed by atoms with Gasteiger partial charge in [-0.25, -0.2) is 4.98 Å². The van der Waals surface area contributed by atoms with E-state index in [-0.39, 0.29) is 0 Å². The maximum atomic E-state index is 9.76. The van der Waals surface area contributed by atoms with Gasteiger partial charge in [-0.1, -0.05) is 42.5 Å². The molecule has 1 aliphatic heterocycles. The summed E-state index contributed by atoms with van der Waals surface area (Å²) in [6, 6.07) is 21.1. The van der Waals surface area contributed by atoms with Crippen LogP contribution in [-0.4, -0.2) is 15.9 Å². The summed E-state index contributed by atoms with van der Waals surface area (Å²) in [6.45, 7) is 3.88. The van der Waals surface area contributed by atoms with Crippen molar-refractivity contribution in [2.75, 3.05) is 11.4 Å². The standard InChI is InChI=1S/C22H18N4/c1-15-17-11-12-25(14-16-7-3-2-4-8-16)22(17)26-20-10-6-5-9-19(20)24-21(26)18(15)13-23/h2-10H,11-12,14H2,1H3. The molecule has 4 nitrogen and oxygen atoms in total. The summed E-state index contributed by atoms with van der Waals surface area (Å²) >= 11 is 0. The average Bonchev–Trinajstić information content (AvgIpc) is 3.24. The summed E-state index contributed by atoms with van der Waals surface area (Å²) in [6.07, 6.45) is 0.963. The molecule has 0 saturated carbocycles. The summed E-state index contributed by atoms with van der Waals surface area (Å²) in [4.78, 5) is 7.20. The molecule has 126 valence electrons. The Morgan fingerprint density at radius 3 is 2.65 bits per heavy atom. The van der Waals surface area contributed by atoms with Crippen molar-refractivity contribution in [1.29, 1.82) is 5.26 Å². The van der Waals surface area contributed by atoms with Gasteiger partial charge in [-0.2, -0.15) is 5.26 Å². The van der Waals surface area contributed by atoms with Gasteiger partial charge in [0.15, 0.2) is 5.65 Å². The number of hydrogen-bond donors (Lipinski definition) is 0. The molecule has 2 aromatic carbocycles. The summed E-state index contributed by atoms with van der Waals surface area (Å²) in [5.41, 5.74) is 7.10. The number of anilines is 1. The van der Waals surface area contributed by atoms with Crippen LogP contribution in [-0.2, 0) is 13.0 Å². The number of rotatable bonds is 2. The lowest BCUT2D eigenvalue weighted by Gasteiger charge is -2.22. The fourth-order valence-corrected chi connectivity index (χ4v) is 4.11. The molecule has 4 aromatic rings. The minimum absolute atomic E-state index is 0.696. The van der Waals surface area contributed by atoms with Crippen LogP contribution in [0, 0.1) is 18.3 Å². The van der Waals surface area contributed by atoms with E-state index in [2.05, 4.69) is 52.6 Å². The molecular weight excluding hydrogens is 320 g/mol. The van der Waals surface area contributed by atoms with Crippen LogP contribution in [0.1, 0.15) is 22.3 Å². The summed E-state index contributed by atoms with van der Waals surface area (Å²) in [7, 11) is 0. The van der Waals surface area contributed by atoms with Gasteiger partial charge in [0.25, 0.3) is 0 Å². The third-order valence-corrected chi connectivity index (χ3v) is 5.35. The smallest absolute Gasteiger partial charge is 0.157 e. The van der Waals surface area contributed by atoms with E-state index in [4.69, 9.17) is 4.98 Å². The van der Waals surface area contributed by atoms with Crippen molar-refractivity contribution < 1.29 is 0 Å². The first kappa shape index (κ1) is 15.0. The number of fused-ring (bicyclic) bond motifs is 5. The predicted octanol–water partition coefficient (Wildman–Crippen LogP) is 4.23. The van der Waals surface area contributed by atoms with Crippen LogP contribution in [0.2, 0.25) is 0 Å². The first-order valence-electron chi connectivity index (χ1n) is 8.89. The van der Waals surface area contributed by atoms with Crippen LogP contribution in [0.5, 0.6) is 0 Å². The zero-order valence-corrected chi connectivity index (χ0v) is 14.6. The van der Waals surface area contributed by atoms with Gasteiger partial charge in [-0.3, -0.25) is 4.40 Å². The van der Waals surface area contributed by atoms with Crippen molar-refractivity contribution in [2.24, 2.45) is 0 Å². The van der Waals surface area contributed by atoms with E-state index in [1.165, 1.54) is 16.9 Å². The average molecular weight is 338 g/mol. The Bertz CT molecular complexity index is 1180. The maximum Gasteiger partial charge on any atom is 0.157 e. The second kappa shape index (κ2) is 5.60. The van der Waals surface area contributed by atoms with Crippen LogP contribution >= 0.6 is 0 Å². The molecule has 0 unspecified atom stereocenters. The Morgan fingerprint density at radius 2 is 1.85 bits per heavy atom. The highest BCUT2D eigenvalue weighted by molar-refractivity contribution is 5.86. The molecule has 1 aliphatic rings. The zero-order chi connectivity index (χ0) is 17.7. The third kappa shape index (κ3) is 2.04. The normalized spacial score (nSPS) is 13.3. The molecule has 0 atom stereocenters. The highest BCUT2D eigenvalue weighted by atomic mass is 15.3. The van der Waals surface area contributed by atoms with Crippen molar-refractivity contribution in [3.63, 3.8) is 0 Å². The lowest BCUT2D eigenvalue weighted by molar-refractivity contribution is 0.821. The van der Waals surface area contributed by atoms with E-state index in [9.17, 15) is 5.26 Å². The second-order valence-electron chi connectivity index (χ2n) is 6.83. The number of aromatic nitrogens is 2. The SMILES string of the molecule is Cc1c2c(n3c(nc4ccccc43)c1C#N)N(Cc1ccccc1)CC2. The molecule has 4 heteroatoms. The van der Waals surface area contributed by atoms with Crippen molar-refractivity contribution in [3.05, 3.63) is 76.9 Å². The van der Waals surface area contributed by atoms with Crippen molar-refractivity contribution in [3.8, 4) is 6.07 Å². The second-order valence-corrected chi connectivity index (χ2v) is 6.83. The molecule has 0 bridgehead atoms. The Hall–Kier alpha value is -3.32. The van der Waals surface area contributed by atoms with E-state index in [1.807, 2.05) is 24.3 Å². The topological polar surface area (TPSA) is 44.3 Å². The fourth-order valence-electron chi connectivity index (χ4n) is 4.11. The van der Waals surface area contributed by atoms with Crippen molar-refractivity contribution in [1.82, 2.24) is 9.38 Å². The highest BCUT2D eigenvalue weighted by Gasteiger charge is 2.28. The van der Waals surface area contributed by atoms with Crippen molar-refractivity contribution >= 4 is 22.5 Å². The number of nitrogens with zero attached hydrogens (tertiary/aromatic N) is 4. The molecule has 3 heterocycles. The van der Waals surface area contributed by atoms with Crippen LogP contribution in [0.25, 0.3) is 16.7 Å². The van der Waals surface area contributed by atoms with Gasteiger partial charge >= 0.3 is 0 Å². The molecule has 5 rings (SSSR count). The van der Waals surface area contributed by atoms with Gasteiger partial charge in [0.1, 0.15) is 11.9 Å². The monoisotopic (exact) mass is 338 g/mol. The van der Waals surface area contributed by atoms with E-state index in [1.54, 1.807) is 0 Å². The lowest BCUT2D eigenvalue weighted by atomic mass is 10.0. The van der Waals surface area contributed by atoms with Crippen LogP contribution in [0.4, 0.5) is 5.82 Å². The van der Waals surface area contributed by atoms with E-state index >= 15 is 0 Å². The quantitative estimate of drug-likeness (QED) is 0.549. The predicted molar refractivity (Wildman–Crippen MR) is 103 cm³/mol. The Morgan fingerprint density at radius 1 is 1.08 bits per heavy atom. The number of pyridine rings is 1. The summed E-state index contributed by atoms with van der Waals surface area (Å²) in [5, 5.41) is 9.76. The highest BCUT2D eigenvalue weighted by Crippen LogP contribution is 2.37. The van der Waals surface area contributed by atoms with Gasteiger partial charge in [0.05, 0.1) is 16.6 Å². The summed E-state index contributed by atoms with van der Waals surface area (Å²) in [5.74, 6) is 1.19. The molecule has 0 spiro atoms. The minimum Gasteiger partial charge on any atom is -0.353 e. The first-order chi connectivity index (χ1) is 12.8. The molecule has 0 amide bonds. The number of hydrogen-bond acceptors (Lipinski definition) is 3. The molecule has 0 N–H and O–H groups in total. The number of nitriles is 1. The number of benzene rings is 2. The number of imidazole rings is 1. The molecular formula is C22H18N4. The van der Waals surface area contributed by atoms with Gasteiger partial charge < -0.3 is 4.90 Å². The molecule has 0 aliphatic carbocycles. The van der Waals surface area contributed by atoms with Gasteiger partial charge in [-0.15, -0.1) is 0 Å². The first-order valence-corrected chi connectivity index (χ1v) is 8.89. The summed E-state index contributed by atoms with van der Waals surface area (Å²) < 4.78 is 2.19. The Labute approximate surface area is 151 Å². The van der Waals surface area contributed by atoms with Crippen LogP contribution in [0.15, 0.2) is 54.6 Å². The zero-order valence-electron chi connectivity index (χ0n) is 14.6. The fraction of sp³-hybridized carbons (Fsp3) is 0.182. The van der Waals surface area contributed by atoms with Crippen molar-refractivity contribution in [2.45, 2.75) is 19.9 Å². The van der Waals surface area contributed by atoms with E-state index in [0.717, 1.165) is 41.8 Å². The van der Waals surface area contributed by atoms with Gasteiger partial charge in [0, 0.05) is 13.1 Å². The van der Waals surface area contributed by atoms with Crippen LogP contribution in [0.3, 0.4) is 0 Å². The lowest BCUT2D eigenvalue weighted by Crippen LogP contribution is -2.21. The van der Waals surface area contributed by atoms with Gasteiger partial charge in [0.2, 0.25) is 0 Å². The minimum atomic E-state index is 0.696. The van der Waals surface area contributed by atoms with E-state index < -0.39 is 0 Å². The Kier molecular flexibility index (Phi) is 3.23. The third-order valence-electron chi connectivity index (χ3n) is 5.35. The molecule has 0 radical (unpaired) electrons. The van der Waals surface area contributed by atoms with Gasteiger partial charge in [-0.05, 0) is 42.2 Å². The van der Waals surface area contributed by atoms with Crippen LogP contribution < -0.4 is 4.90 Å². The molecule has 0 fully saturated rings. The Balaban J connectivity index is 1.81.